The molecule has 0 amide bonds. The molecule has 0 saturated carbocycles. The molecule has 0 saturated heterocycles. The predicted molar refractivity (Wildman–Crippen MR) is 105 cm³/mol. The van der Waals surface area contributed by atoms with E-state index >= 15 is 0 Å². The number of hydrogen-bond acceptors (Lipinski definition) is 5. The van der Waals surface area contributed by atoms with Gasteiger partial charge in [0.15, 0.2) is 10.9 Å². The fourth-order valence-electron chi connectivity index (χ4n) is 2.67. The van der Waals surface area contributed by atoms with Crippen LogP contribution in [0.5, 0.6) is 11.5 Å². The summed E-state index contributed by atoms with van der Waals surface area (Å²) in [5.74, 6) is 5.51. The molecule has 3 rings (SSSR count). The van der Waals surface area contributed by atoms with Gasteiger partial charge in [0.2, 0.25) is 0 Å². The minimum atomic E-state index is -2.87. The normalized spacial score (nSPS) is 12.4. The Morgan fingerprint density at radius 3 is 2.74 bits per heavy atom. The number of halogens is 2. The number of alkyl halides is 2. The van der Waals surface area contributed by atoms with E-state index in [-0.39, 0.29) is 5.75 Å². The smallest absolute Gasteiger partial charge is 0.387 e. The van der Waals surface area contributed by atoms with E-state index in [1.54, 1.807) is 19.4 Å². The minimum absolute atomic E-state index is 0.0821. The van der Waals surface area contributed by atoms with Crippen molar-refractivity contribution >= 4 is 33.1 Å². The molecule has 2 aromatic heterocycles. The van der Waals surface area contributed by atoms with Crippen molar-refractivity contribution in [1.82, 2.24) is 15.0 Å². The third-order valence-corrected chi connectivity index (χ3v) is 5.25. The van der Waals surface area contributed by atoms with Gasteiger partial charge in [-0.25, -0.2) is 4.98 Å². The van der Waals surface area contributed by atoms with Gasteiger partial charge in [-0.1, -0.05) is 5.87 Å². The summed E-state index contributed by atoms with van der Waals surface area (Å²) in [6.07, 6.45) is 1.73. The number of pyridine rings is 1. The molecule has 27 heavy (non-hydrogen) atoms. The van der Waals surface area contributed by atoms with Crippen molar-refractivity contribution in [3.63, 3.8) is 0 Å². The number of ether oxygens (including phenoxy) is 2. The van der Waals surface area contributed by atoms with Crippen LogP contribution in [0.2, 0.25) is 0 Å². The first-order valence-corrected chi connectivity index (χ1v) is 9.59. The molecule has 0 aliphatic rings. The van der Waals surface area contributed by atoms with Crippen LogP contribution in [0.4, 0.5) is 14.5 Å². The van der Waals surface area contributed by atoms with Crippen LogP contribution in [-0.4, -0.2) is 48.6 Å². The highest BCUT2D eigenvalue weighted by Gasteiger charge is 2.15. The van der Waals surface area contributed by atoms with Gasteiger partial charge in [-0.2, -0.15) is 8.78 Å². The van der Waals surface area contributed by atoms with Crippen molar-refractivity contribution < 1.29 is 18.3 Å². The lowest BCUT2D eigenvalue weighted by atomic mass is 10.3. The Kier molecular flexibility index (Phi) is 5.59. The summed E-state index contributed by atoms with van der Waals surface area (Å²) >= 11 is 0. The Hall–Kier alpha value is -2.68. The summed E-state index contributed by atoms with van der Waals surface area (Å²) in [5.41, 5.74) is 2.99. The molecular formula is C18H20F2N4O2S. The van der Waals surface area contributed by atoms with Gasteiger partial charge < -0.3 is 19.4 Å². The van der Waals surface area contributed by atoms with Gasteiger partial charge in [0.25, 0.3) is 0 Å². The van der Waals surface area contributed by atoms with E-state index in [2.05, 4.69) is 25.6 Å². The molecule has 1 aromatic carbocycles. The van der Waals surface area contributed by atoms with Crippen LogP contribution in [0.25, 0.3) is 11.0 Å². The number of hydrogen-bond donors (Lipinski definition) is 1. The SMILES string of the molecule is C=S(Cc1nccc(N(C)C)c1OC)c1nc2ccc(OC(F)F)cc2[nH]1. The summed E-state index contributed by atoms with van der Waals surface area (Å²) in [4.78, 5) is 14.0. The number of aromatic nitrogens is 3. The van der Waals surface area contributed by atoms with Gasteiger partial charge >= 0.3 is 6.61 Å². The van der Waals surface area contributed by atoms with Gasteiger partial charge in [-0.15, -0.1) is 10.5 Å². The highest BCUT2D eigenvalue weighted by molar-refractivity contribution is 8.13. The second kappa shape index (κ2) is 7.91. The zero-order chi connectivity index (χ0) is 19.6. The Labute approximate surface area is 158 Å². The lowest BCUT2D eigenvalue weighted by molar-refractivity contribution is -0.0497. The molecule has 0 aliphatic carbocycles. The van der Waals surface area contributed by atoms with E-state index in [0.717, 1.165) is 11.4 Å². The number of imidazole rings is 1. The molecule has 3 aromatic rings. The van der Waals surface area contributed by atoms with E-state index in [4.69, 9.17) is 4.74 Å². The van der Waals surface area contributed by atoms with Crippen molar-refractivity contribution in [3.8, 4) is 11.5 Å². The number of rotatable bonds is 7. The average molecular weight is 394 g/mol. The molecule has 0 spiro atoms. The van der Waals surface area contributed by atoms with Crippen molar-refractivity contribution in [3.05, 3.63) is 36.2 Å². The zero-order valence-electron chi connectivity index (χ0n) is 15.2. The number of anilines is 1. The topological polar surface area (TPSA) is 63.3 Å². The maximum atomic E-state index is 12.4. The van der Waals surface area contributed by atoms with Crippen LogP contribution in [0.1, 0.15) is 5.69 Å². The standard InChI is InChI=1S/C18H20F2N4O2S/c1-24(2)15-7-8-21-14(16(15)25-3)10-27(4)18-22-12-6-5-11(26-17(19)20)9-13(12)23-18/h5-9,17H,4,10H2,1-3H3,(H,22,23). The van der Waals surface area contributed by atoms with Crippen LogP contribution in [-0.2, 0) is 5.75 Å². The van der Waals surface area contributed by atoms with E-state index in [9.17, 15) is 8.78 Å². The maximum absolute atomic E-state index is 12.4. The molecule has 6 nitrogen and oxygen atoms in total. The Balaban J connectivity index is 1.87. The van der Waals surface area contributed by atoms with Crippen LogP contribution in [0, 0.1) is 0 Å². The molecule has 1 atom stereocenters. The lowest BCUT2D eigenvalue weighted by Gasteiger charge is -2.18. The number of methoxy groups -OCH3 is 1. The van der Waals surface area contributed by atoms with Crippen LogP contribution >= 0.6 is 10.5 Å². The van der Waals surface area contributed by atoms with Crippen molar-refractivity contribution in [1.29, 1.82) is 0 Å². The first-order chi connectivity index (χ1) is 12.9. The molecule has 0 bridgehead atoms. The molecule has 0 radical (unpaired) electrons. The number of fused-ring (bicyclic) bond motifs is 1. The largest absolute Gasteiger partial charge is 0.493 e. The Bertz CT molecular complexity index is 975. The molecule has 9 heteroatoms. The third-order valence-electron chi connectivity index (χ3n) is 3.88. The van der Waals surface area contributed by atoms with Crippen LogP contribution in [0.15, 0.2) is 35.6 Å². The van der Waals surface area contributed by atoms with Crippen molar-refractivity contribution in [2.45, 2.75) is 17.5 Å². The van der Waals surface area contributed by atoms with E-state index in [1.165, 1.54) is 12.1 Å². The van der Waals surface area contributed by atoms with E-state index in [1.807, 2.05) is 25.1 Å². The monoisotopic (exact) mass is 394 g/mol. The quantitative estimate of drug-likeness (QED) is 0.616. The molecule has 2 heterocycles. The average Bonchev–Trinajstić information content (AvgIpc) is 3.04. The summed E-state index contributed by atoms with van der Waals surface area (Å²) in [5, 5.41) is 0.665. The minimum Gasteiger partial charge on any atom is -0.493 e. The number of nitrogens with zero attached hydrogens (tertiary/aromatic N) is 3. The Morgan fingerprint density at radius 1 is 1.30 bits per heavy atom. The second-order valence-corrected chi connectivity index (χ2v) is 7.60. The van der Waals surface area contributed by atoms with E-state index < -0.39 is 17.1 Å². The fourth-order valence-corrected chi connectivity index (χ4v) is 3.82. The van der Waals surface area contributed by atoms with Crippen LogP contribution in [0.3, 0.4) is 0 Å². The third kappa shape index (κ3) is 4.19. The molecular weight excluding hydrogens is 374 g/mol. The highest BCUT2D eigenvalue weighted by atomic mass is 32.2. The molecule has 0 fully saturated rings. The first-order valence-electron chi connectivity index (χ1n) is 8.03. The van der Waals surface area contributed by atoms with Gasteiger partial charge in [0, 0.05) is 32.1 Å². The molecule has 144 valence electrons. The highest BCUT2D eigenvalue weighted by Crippen LogP contribution is 2.35. The van der Waals surface area contributed by atoms with Gasteiger partial charge in [-0.3, -0.25) is 4.98 Å². The van der Waals surface area contributed by atoms with Crippen LogP contribution < -0.4 is 14.4 Å². The zero-order valence-corrected chi connectivity index (χ0v) is 16.0. The molecule has 1 N–H and O–H groups in total. The summed E-state index contributed by atoms with van der Waals surface area (Å²) in [7, 11) is 4.95. The second-order valence-electron chi connectivity index (χ2n) is 5.94. The summed E-state index contributed by atoms with van der Waals surface area (Å²) in [6, 6.07) is 6.48. The maximum Gasteiger partial charge on any atom is 0.387 e. The number of H-pyrrole nitrogens is 1. The van der Waals surface area contributed by atoms with Crippen molar-refractivity contribution in [2.75, 3.05) is 26.1 Å². The van der Waals surface area contributed by atoms with Crippen molar-refractivity contribution in [2.24, 2.45) is 0 Å². The number of benzene rings is 1. The number of aromatic amines is 1. The molecule has 1 unspecified atom stereocenters. The first kappa shape index (κ1) is 19.1. The number of nitrogens with one attached hydrogen (secondary N) is 1. The van der Waals surface area contributed by atoms with Gasteiger partial charge in [-0.05, 0) is 18.2 Å². The fraction of sp³-hybridized carbons (Fsp3) is 0.278. The summed E-state index contributed by atoms with van der Waals surface area (Å²) in [6.45, 7) is -2.87. The molecule has 0 aliphatic heterocycles. The van der Waals surface area contributed by atoms with E-state index in [0.29, 0.717) is 27.7 Å². The Morgan fingerprint density at radius 2 is 2.07 bits per heavy atom. The summed E-state index contributed by atoms with van der Waals surface area (Å²) < 4.78 is 34.7. The lowest BCUT2D eigenvalue weighted by Crippen LogP contribution is -2.11. The van der Waals surface area contributed by atoms with Gasteiger partial charge in [0.1, 0.15) is 5.75 Å². The predicted octanol–water partition coefficient (Wildman–Crippen LogP) is 3.89. The van der Waals surface area contributed by atoms with Gasteiger partial charge in [0.05, 0.1) is 29.5 Å².